The molecule has 0 spiro atoms. The van der Waals surface area contributed by atoms with Gasteiger partial charge in [-0.25, -0.2) is 4.98 Å². The van der Waals surface area contributed by atoms with Gasteiger partial charge in [0.15, 0.2) is 0 Å². The summed E-state index contributed by atoms with van der Waals surface area (Å²) < 4.78 is 2.30. The van der Waals surface area contributed by atoms with Crippen molar-refractivity contribution in [3.8, 4) is 0 Å². The van der Waals surface area contributed by atoms with Gasteiger partial charge in [-0.1, -0.05) is 55.7 Å². The van der Waals surface area contributed by atoms with Gasteiger partial charge in [-0.05, 0) is 41.8 Å². The van der Waals surface area contributed by atoms with Crippen molar-refractivity contribution in [3.63, 3.8) is 0 Å². The van der Waals surface area contributed by atoms with Crippen LogP contribution in [0.1, 0.15) is 43.8 Å². The van der Waals surface area contributed by atoms with E-state index in [9.17, 15) is 0 Å². The fourth-order valence-corrected chi connectivity index (χ4v) is 4.71. The Morgan fingerprint density at radius 1 is 1.08 bits per heavy atom. The van der Waals surface area contributed by atoms with Crippen molar-refractivity contribution < 1.29 is 0 Å². The smallest absolute Gasteiger partial charge is 0.109 e. The molecule has 1 aromatic carbocycles. The van der Waals surface area contributed by atoms with Crippen LogP contribution in [0.2, 0.25) is 10.0 Å². The summed E-state index contributed by atoms with van der Waals surface area (Å²) in [5.74, 6) is 1.41. The minimum absolute atomic E-state index is 0.330. The first kappa shape index (κ1) is 19.3. The van der Waals surface area contributed by atoms with Crippen molar-refractivity contribution >= 4 is 35.0 Å². The highest BCUT2D eigenvalue weighted by Crippen LogP contribution is 2.37. The van der Waals surface area contributed by atoms with Gasteiger partial charge in [-0.3, -0.25) is 4.98 Å². The molecule has 2 heterocycles. The predicted molar refractivity (Wildman–Crippen MR) is 110 cm³/mol. The number of nitrogens with zero attached hydrogens (tertiary/aromatic N) is 3. The fraction of sp³-hybridized carbons (Fsp3) is 0.300. The van der Waals surface area contributed by atoms with E-state index < -0.39 is 0 Å². The van der Waals surface area contributed by atoms with Crippen LogP contribution in [0, 0.1) is 0 Å². The average molecular weight is 406 g/mol. The van der Waals surface area contributed by atoms with Crippen LogP contribution >= 0.6 is 35.0 Å². The van der Waals surface area contributed by atoms with Crippen LogP contribution in [0.3, 0.4) is 0 Å². The van der Waals surface area contributed by atoms with E-state index in [-0.39, 0.29) is 0 Å². The summed E-state index contributed by atoms with van der Waals surface area (Å²) in [5.41, 5.74) is 2.31. The molecular formula is C20H21Cl2N3S. The van der Waals surface area contributed by atoms with E-state index in [1.165, 1.54) is 5.56 Å². The summed E-state index contributed by atoms with van der Waals surface area (Å²) in [6, 6.07) is 9.72. The molecule has 2 aromatic heterocycles. The maximum Gasteiger partial charge on any atom is 0.109 e. The van der Waals surface area contributed by atoms with Gasteiger partial charge >= 0.3 is 0 Å². The van der Waals surface area contributed by atoms with Crippen LogP contribution in [0.4, 0.5) is 0 Å². The van der Waals surface area contributed by atoms with Gasteiger partial charge in [-0.15, -0.1) is 0 Å². The lowest BCUT2D eigenvalue weighted by atomic mass is 10.1. The molecule has 0 amide bonds. The zero-order valence-electron chi connectivity index (χ0n) is 15.0. The Labute approximate surface area is 168 Å². The number of benzene rings is 1. The Kier molecular flexibility index (Phi) is 6.28. The summed E-state index contributed by atoms with van der Waals surface area (Å²) in [5, 5.41) is 2.43. The number of aromatic nitrogens is 3. The molecule has 0 aliphatic rings. The van der Waals surface area contributed by atoms with Crippen molar-refractivity contribution in [2.24, 2.45) is 0 Å². The maximum absolute atomic E-state index is 6.19. The number of hydrogen-bond acceptors (Lipinski definition) is 3. The summed E-state index contributed by atoms with van der Waals surface area (Å²) >= 11 is 14.1. The molecule has 0 radical (unpaired) electrons. The van der Waals surface area contributed by atoms with Gasteiger partial charge in [0, 0.05) is 40.3 Å². The zero-order chi connectivity index (χ0) is 18.7. The van der Waals surface area contributed by atoms with E-state index in [0.717, 1.165) is 34.4 Å². The molecule has 6 heteroatoms. The first-order valence-corrected chi connectivity index (χ1v) is 10.2. The number of imidazole rings is 1. The highest BCUT2D eigenvalue weighted by atomic mass is 35.5. The van der Waals surface area contributed by atoms with E-state index in [1.54, 1.807) is 17.8 Å². The molecule has 3 rings (SSSR count). The highest BCUT2D eigenvalue weighted by Gasteiger charge is 2.20. The lowest BCUT2D eigenvalue weighted by Crippen LogP contribution is -2.06. The largest absolute Gasteiger partial charge is 0.318 e. The summed E-state index contributed by atoms with van der Waals surface area (Å²) in [4.78, 5) is 10.1. The normalized spacial score (nSPS) is 11.3. The monoisotopic (exact) mass is 405 g/mol. The topological polar surface area (TPSA) is 30.7 Å². The summed E-state index contributed by atoms with van der Waals surface area (Å²) in [6.45, 7) is 7.25. The molecule has 0 fully saturated rings. The molecule has 0 aliphatic heterocycles. The molecular weight excluding hydrogens is 385 g/mol. The van der Waals surface area contributed by atoms with E-state index in [2.05, 4.69) is 30.3 Å². The van der Waals surface area contributed by atoms with Crippen molar-refractivity contribution in [2.75, 3.05) is 0 Å². The standard InChI is InChI=1S/C20H21Cl2N3S/c1-4-18-24-19(13(2)3)20(25(18)12-14-5-7-23-8-6-14)26-17-10-15(21)9-16(22)11-17/h5-11,13H,4,12H2,1-3H3. The minimum atomic E-state index is 0.330. The summed E-state index contributed by atoms with van der Waals surface area (Å²) in [6.07, 6.45) is 4.53. The molecule has 136 valence electrons. The Morgan fingerprint density at radius 3 is 2.31 bits per heavy atom. The first-order valence-electron chi connectivity index (χ1n) is 8.60. The second kappa shape index (κ2) is 8.47. The van der Waals surface area contributed by atoms with E-state index in [4.69, 9.17) is 28.2 Å². The quantitative estimate of drug-likeness (QED) is 0.470. The Bertz CT molecular complexity index is 871. The van der Waals surface area contributed by atoms with Gasteiger partial charge in [0.2, 0.25) is 0 Å². The van der Waals surface area contributed by atoms with Crippen LogP contribution in [-0.4, -0.2) is 14.5 Å². The van der Waals surface area contributed by atoms with Crippen LogP contribution in [-0.2, 0) is 13.0 Å². The van der Waals surface area contributed by atoms with Crippen LogP contribution < -0.4 is 0 Å². The van der Waals surface area contributed by atoms with E-state index >= 15 is 0 Å². The molecule has 26 heavy (non-hydrogen) atoms. The zero-order valence-corrected chi connectivity index (χ0v) is 17.4. The highest BCUT2D eigenvalue weighted by molar-refractivity contribution is 7.99. The Morgan fingerprint density at radius 2 is 1.73 bits per heavy atom. The van der Waals surface area contributed by atoms with Crippen molar-refractivity contribution in [2.45, 2.75) is 49.6 Å². The maximum atomic E-state index is 6.19. The third-order valence-corrected chi connectivity index (χ3v) is 5.56. The minimum Gasteiger partial charge on any atom is -0.318 e. The van der Waals surface area contributed by atoms with Crippen LogP contribution in [0.25, 0.3) is 0 Å². The van der Waals surface area contributed by atoms with E-state index in [0.29, 0.717) is 16.0 Å². The lowest BCUT2D eigenvalue weighted by molar-refractivity contribution is 0.672. The van der Waals surface area contributed by atoms with Crippen LogP contribution in [0.5, 0.6) is 0 Å². The third kappa shape index (κ3) is 4.43. The molecule has 0 N–H and O–H groups in total. The number of rotatable bonds is 6. The van der Waals surface area contributed by atoms with Gasteiger partial charge in [0.1, 0.15) is 10.9 Å². The summed E-state index contributed by atoms with van der Waals surface area (Å²) in [7, 11) is 0. The number of hydrogen-bond donors (Lipinski definition) is 0. The van der Waals surface area contributed by atoms with Gasteiger partial charge < -0.3 is 4.57 Å². The number of aryl methyl sites for hydroxylation is 1. The van der Waals surface area contributed by atoms with Crippen molar-refractivity contribution in [3.05, 3.63) is 69.9 Å². The van der Waals surface area contributed by atoms with E-state index in [1.807, 2.05) is 36.7 Å². The molecule has 0 aliphatic carbocycles. The molecule has 0 saturated heterocycles. The molecule has 0 saturated carbocycles. The Hall–Kier alpha value is -1.49. The SMILES string of the molecule is CCc1nc(C(C)C)c(Sc2cc(Cl)cc(Cl)c2)n1Cc1ccncc1. The second-order valence-electron chi connectivity index (χ2n) is 6.38. The number of pyridine rings is 1. The molecule has 0 bridgehead atoms. The first-order chi connectivity index (χ1) is 12.5. The number of halogens is 2. The van der Waals surface area contributed by atoms with Gasteiger partial charge in [0.05, 0.1) is 5.69 Å². The van der Waals surface area contributed by atoms with Crippen LogP contribution in [0.15, 0.2) is 52.6 Å². The van der Waals surface area contributed by atoms with Gasteiger partial charge in [-0.2, -0.15) is 0 Å². The predicted octanol–water partition coefficient (Wildman–Crippen LogP) is 6.47. The molecule has 3 aromatic rings. The van der Waals surface area contributed by atoms with Crippen molar-refractivity contribution in [1.29, 1.82) is 0 Å². The second-order valence-corrected chi connectivity index (χ2v) is 8.31. The Balaban J connectivity index is 2.07. The van der Waals surface area contributed by atoms with Gasteiger partial charge in [0.25, 0.3) is 0 Å². The van der Waals surface area contributed by atoms with Crippen molar-refractivity contribution in [1.82, 2.24) is 14.5 Å². The molecule has 0 unspecified atom stereocenters. The average Bonchev–Trinajstić information content (AvgIpc) is 2.93. The molecule has 0 atom stereocenters. The third-order valence-electron chi connectivity index (χ3n) is 4.03. The molecule has 3 nitrogen and oxygen atoms in total. The fourth-order valence-electron chi connectivity index (χ4n) is 2.79. The lowest BCUT2D eigenvalue weighted by Gasteiger charge is -2.13.